The molecule has 0 bridgehead atoms. The smallest absolute Gasteiger partial charge is 0.340 e. The lowest BCUT2D eigenvalue weighted by Gasteiger charge is -2.03. The van der Waals surface area contributed by atoms with Crippen LogP contribution < -0.4 is 5.84 Å². The van der Waals surface area contributed by atoms with Crippen LogP contribution >= 0.6 is 11.8 Å². The second kappa shape index (κ2) is 8.35. The number of Topliss-reactive ketones (excluding diaryl/α,β-unsaturated/α-hetero) is 1. The number of aromatic amines is 1. The minimum atomic E-state index is -0.426. The molecule has 0 aliphatic rings. The summed E-state index contributed by atoms with van der Waals surface area (Å²) in [5, 5.41) is 0.541. The van der Waals surface area contributed by atoms with E-state index in [4.69, 9.17) is 10.6 Å². The third kappa shape index (κ3) is 3.96. The molecule has 0 spiro atoms. The van der Waals surface area contributed by atoms with Crippen LogP contribution in [0.1, 0.15) is 39.0 Å². The average Bonchev–Trinajstić information content (AvgIpc) is 3.20. The number of carbonyl (C=O) groups is 2. The number of nitrogens with two attached hydrogens (primary N) is 1. The number of benzene rings is 1. The topological polar surface area (TPSA) is 103 Å². The molecular weight excluding hydrogens is 376 g/mol. The molecule has 0 aliphatic carbocycles. The molecule has 0 saturated heterocycles. The predicted molar refractivity (Wildman–Crippen MR) is 109 cm³/mol. The van der Waals surface area contributed by atoms with Gasteiger partial charge in [0.1, 0.15) is 0 Å². The van der Waals surface area contributed by atoms with E-state index < -0.39 is 5.97 Å². The van der Waals surface area contributed by atoms with Crippen LogP contribution in [0.15, 0.2) is 41.7 Å². The largest absolute Gasteiger partial charge is 0.462 e. The van der Waals surface area contributed by atoms with Crippen molar-refractivity contribution < 1.29 is 14.3 Å². The molecule has 7 nitrogen and oxygen atoms in total. The van der Waals surface area contributed by atoms with Crippen molar-refractivity contribution in [3.8, 4) is 11.3 Å². The fourth-order valence-corrected chi connectivity index (χ4v) is 3.74. The Morgan fingerprint density at radius 1 is 1.25 bits per heavy atom. The molecule has 146 valence electrons. The molecule has 0 radical (unpaired) electrons. The van der Waals surface area contributed by atoms with Gasteiger partial charge in [-0.15, -0.1) is 0 Å². The number of aromatic nitrogens is 3. The van der Waals surface area contributed by atoms with E-state index in [9.17, 15) is 9.59 Å². The van der Waals surface area contributed by atoms with E-state index in [1.807, 2.05) is 30.3 Å². The van der Waals surface area contributed by atoms with Crippen molar-refractivity contribution in [2.75, 3.05) is 18.2 Å². The van der Waals surface area contributed by atoms with Gasteiger partial charge in [-0.2, -0.15) is 0 Å². The third-order valence-corrected chi connectivity index (χ3v) is 5.26. The zero-order valence-corrected chi connectivity index (χ0v) is 16.8. The van der Waals surface area contributed by atoms with Gasteiger partial charge in [0, 0.05) is 11.3 Å². The standard InChI is InChI=1S/C20H22N4O3S/c1-4-27-19(26)17-12(2)18(22-13(17)3)16(25)11-28-20-23-15(10-24(20)21)14-8-6-5-7-9-14/h5-10,22H,4,11,21H2,1-3H3. The molecular formula is C20H22N4O3S. The molecule has 0 fully saturated rings. The fourth-order valence-electron chi connectivity index (χ4n) is 2.97. The molecule has 0 aliphatic heterocycles. The van der Waals surface area contributed by atoms with Crippen molar-refractivity contribution in [2.24, 2.45) is 0 Å². The van der Waals surface area contributed by atoms with E-state index in [-0.39, 0.29) is 18.1 Å². The van der Waals surface area contributed by atoms with Crippen molar-refractivity contribution in [1.82, 2.24) is 14.6 Å². The summed E-state index contributed by atoms with van der Waals surface area (Å²) in [4.78, 5) is 32.3. The van der Waals surface area contributed by atoms with Crippen molar-refractivity contribution in [1.29, 1.82) is 0 Å². The number of imidazole rings is 1. The summed E-state index contributed by atoms with van der Waals surface area (Å²) in [7, 11) is 0. The van der Waals surface area contributed by atoms with Crippen LogP contribution in [0.4, 0.5) is 0 Å². The molecule has 0 amide bonds. The van der Waals surface area contributed by atoms with E-state index in [2.05, 4.69) is 9.97 Å². The molecule has 1 aromatic carbocycles. The van der Waals surface area contributed by atoms with Gasteiger partial charge < -0.3 is 15.6 Å². The number of H-pyrrole nitrogens is 1. The van der Waals surface area contributed by atoms with Gasteiger partial charge in [0.2, 0.25) is 0 Å². The zero-order chi connectivity index (χ0) is 20.3. The molecule has 2 heterocycles. The summed E-state index contributed by atoms with van der Waals surface area (Å²) in [5.74, 6) is 5.57. The molecule has 0 atom stereocenters. The molecule has 3 aromatic rings. The quantitative estimate of drug-likeness (QED) is 0.274. The Labute approximate surface area is 167 Å². The predicted octanol–water partition coefficient (Wildman–Crippen LogP) is 3.36. The van der Waals surface area contributed by atoms with Gasteiger partial charge >= 0.3 is 5.97 Å². The zero-order valence-electron chi connectivity index (χ0n) is 16.0. The summed E-state index contributed by atoms with van der Waals surface area (Å²) in [6, 6.07) is 9.69. The van der Waals surface area contributed by atoms with Crippen LogP contribution in [0.25, 0.3) is 11.3 Å². The third-order valence-electron chi connectivity index (χ3n) is 4.30. The Bertz CT molecular complexity index is 1010. The van der Waals surface area contributed by atoms with Crippen molar-refractivity contribution >= 4 is 23.5 Å². The first kappa shape index (κ1) is 19.8. The van der Waals surface area contributed by atoms with Crippen molar-refractivity contribution in [3.63, 3.8) is 0 Å². The Morgan fingerprint density at radius 2 is 1.96 bits per heavy atom. The number of ketones is 1. The van der Waals surface area contributed by atoms with Crippen molar-refractivity contribution in [2.45, 2.75) is 25.9 Å². The van der Waals surface area contributed by atoms with Gasteiger partial charge in [0.25, 0.3) is 0 Å². The first-order chi connectivity index (χ1) is 13.4. The number of nitrogen functional groups attached to an aromatic ring is 1. The molecule has 28 heavy (non-hydrogen) atoms. The number of hydrogen-bond donors (Lipinski definition) is 2. The van der Waals surface area contributed by atoms with Crippen LogP contribution in [-0.2, 0) is 4.74 Å². The average molecular weight is 398 g/mol. The highest BCUT2D eigenvalue weighted by molar-refractivity contribution is 7.99. The fraction of sp³-hybridized carbons (Fsp3) is 0.250. The monoisotopic (exact) mass is 398 g/mol. The Hall–Kier alpha value is -3.00. The highest BCUT2D eigenvalue weighted by Gasteiger charge is 2.23. The molecule has 2 aromatic heterocycles. The molecule has 3 rings (SSSR count). The Morgan fingerprint density at radius 3 is 2.64 bits per heavy atom. The molecule has 8 heteroatoms. The number of carbonyl (C=O) groups excluding carboxylic acids is 2. The van der Waals surface area contributed by atoms with Gasteiger partial charge in [-0.3, -0.25) is 4.79 Å². The number of ether oxygens (including phenoxy) is 1. The highest BCUT2D eigenvalue weighted by Crippen LogP contribution is 2.25. The second-order valence-corrected chi connectivity index (χ2v) is 7.18. The number of nitrogens with zero attached hydrogens (tertiary/aromatic N) is 2. The van der Waals surface area contributed by atoms with Crippen LogP contribution in [0.2, 0.25) is 0 Å². The number of nitrogens with one attached hydrogen (secondary N) is 1. The minimum absolute atomic E-state index is 0.134. The van der Waals surface area contributed by atoms with Gasteiger partial charge in [-0.25, -0.2) is 14.5 Å². The summed E-state index contributed by atoms with van der Waals surface area (Å²) >= 11 is 1.25. The maximum atomic E-state index is 12.7. The number of esters is 1. The normalized spacial score (nSPS) is 10.8. The Kier molecular flexibility index (Phi) is 5.89. The summed E-state index contributed by atoms with van der Waals surface area (Å²) < 4.78 is 6.48. The van der Waals surface area contributed by atoms with Crippen LogP contribution in [0.3, 0.4) is 0 Å². The second-order valence-electron chi connectivity index (χ2n) is 6.24. The van der Waals surface area contributed by atoms with E-state index in [0.717, 1.165) is 11.3 Å². The summed E-state index contributed by atoms with van der Waals surface area (Å²) in [5.41, 5.74) is 3.75. The van der Waals surface area contributed by atoms with Gasteiger partial charge in [-0.05, 0) is 26.3 Å². The van der Waals surface area contributed by atoms with Crippen LogP contribution in [0, 0.1) is 13.8 Å². The summed E-state index contributed by atoms with van der Waals surface area (Å²) in [6.45, 7) is 5.52. The van der Waals surface area contributed by atoms with Crippen LogP contribution in [0.5, 0.6) is 0 Å². The lowest BCUT2D eigenvalue weighted by molar-refractivity contribution is 0.0525. The van der Waals surface area contributed by atoms with Gasteiger partial charge in [0.05, 0.1) is 35.5 Å². The number of thioether (sulfide) groups is 1. The lowest BCUT2D eigenvalue weighted by atomic mass is 10.1. The van der Waals surface area contributed by atoms with E-state index in [1.54, 1.807) is 27.0 Å². The van der Waals surface area contributed by atoms with E-state index >= 15 is 0 Å². The van der Waals surface area contributed by atoms with Gasteiger partial charge in [-0.1, -0.05) is 42.1 Å². The SMILES string of the molecule is CCOC(=O)c1c(C)[nH]c(C(=O)CSc2nc(-c3ccccc3)cn2N)c1C. The molecule has 3 N–H and O–H groups in total. The number of hydrogen-bond acceptors (Lipinski definition) is 6. The van der Waals surface area contributed by atoms with E-state index in [1.165, 1.54) is 16.4 Å². The molecule has 0 saturated carbocycles. The first-order valence-corrected chi connectivity index (χ1v) is 9.83. The summed E-state index contributed by atoms with van der Waals surface area (Å²) in [6.07, 6.45) is 1.73. The van der Waals surface area contributed by atoms with E-state index in [0.29, 0.717) is 27.7 Å². The Balaban J connectivity index is 1.74. The number of aryl methyl sites for hydroxylation is 1. The maximum Gasteiger partial charge on any atom is 0.340 e. The highest BCUT2D eigenvalue weighted by atomic mass is 32.2. The van der Waals surface area contributed by atoms with Gasteiger partial charge in [0.15, 0.2) is 10.9 Å². The lowest BCUT2D eigenvalue weighted by Crippen LogP contribution is -2.11. The minimum Gasteiger partial charge on any atom is -0.462 e. The first-order valence-electron chi connectivity index (χ1n) is 8.84. The molecule has 0 unspecified atom stereocenters. The maximum absolute atomic E-state index is 12.7. The van der Waals surface area contributed by atoms with Crippen LogP contribution in [-0.4, -0.2) is 38.8 Å². The number of rotatable bonds is 7. The van der Waals surface area contributed by atoms with Crippen molar-refractivity contribution in [3.05, 3.63) is 59.0 Å².